The Bertz CT molecular complexity index is 860. The normalized spacial score (nSPS) is 47.2. The minimum atomic E-state index is -1.46. The number of aliphatic hydroxyl groups excluding tert-OH is 3. The summed E-state index contributed by atoms with van der Waals surface area (Å²) in [5.74, 6) is -0.948. The summed E-state index contributed by atoms with van der Waals surface area (Å²) in [5, 5.41) is 65.5. The van der Waals surface area contributed by atoms with Gasteiger partial charge >= 0.3 is 0 Å². The third kappa shape index (κ3) is 3.73. The van der Waals surface area contributed by atoms with Crippen LogP contribution in [0, 0.1) is 28.6 Å². The molecule has 0 aromatic rings. The fourth-order valence-electron chi connectivity index (χ4n) is 8.32. The Morgan fingerprint density at radius 1 is 1.06 bits per heavy atom. The summed E-state index contributed by atoms with van der Waals surface area (Å²) in [6, 6.07) is 0. The topological polar surface area (TPSA) is 138 Å². The summed E-state index contributed by atoms with van der Waals surface area (Å²) in [7, 11) is 0. The van der Waals surface area contributed by atoms with Crippen molar-refractivity contribution in [1.82, 2.24) is 0 Å². The van der Waals surface area contributed by atoms with Crippen molar-refractivity contribution in [3.8, 4) is 0 Å². The lowest BCUT2D eigenvalue weighted by Gasteiger charge is -2.60. The van der Waals surface area contributed by atoms with Crippen LogP contribution >= 0.6 is 0 Å². The average molecular weight is 481 g/mol. The van der Waals surface area contributed by atoms with Gasteiger partial charge in [0.2, 0.25) is 0 Å². The Labute approximate surface area is 202 Å². The first kappa shape index (κ1) is 26.2. The van der Waals surface area contributed by atoms with Gasteiger partial charge in [0.05, 0.1) is 35.1 Å². The summed E-state index contributed by atoms with van der Waals surface area (Å²) in [6.07, 6.45) is 2.11. The molecule has 0 spiro atoms. The standard InChI is InChI=1S/C27H44O7/c1-23(2,32)9-8-22(31)26(5,33)21-7-11-27(34)16-12-18(28)17-13-19(29)20(30)14-24(17,3)15(16)6-10-25(21,27)4/h12,15,17,19-22,29-34H,6-11,13-14H2,1-5H3/t15-,17+,19?,20?,21?,22?,24-,25-,26-,27-/m1/s1. The summed E-state index contributed by atoms with van der Waals surface area (Å²) in [5.41, 5.74) is -4.27. The molecule has 0 amide bonds. The highest BCUT2D eigenvalue weighted by Crippen LogP contribution is 2.68. The van der Waals surface area contributed by atoms with Gasteiger partial charge in [-0.15, -0.1) is 0 Å². The van der Waals surface area contributed by atoms with E-state index in [1.165, 1.54) is 0 Å². The molecule has 34 heavy (non-hydrogen) atoms. The average Bonchev–Trinajstić information content (AvgIpc) is 3.00. The molecule has 0 heterocycles. The highest BCUT2D eigenvalue weighted by molar-refractivity contribution is 5.95. The number of carbonyl (C=O) groups excluding carboxylic acids is 1. The third-order valence-electron chi connectivity index (χ3n) is 10.5. The number of hydrogen-bond donors (Lipinski definition) is 6. The lowest BCUT2D eigenvalue weighted by atomic mass is 9.45. The number of carbonyl (C=O) groups is 1. The van der Waals surface area contributed by atoms with Gasteiger partial charge in [0.1, 0.15) is 0 Å². The molecule has 3 saturated carbocycles. The molecule has 4 aliphatic carbocycles. The predicted molar refractivity (Wildman–Crippen MR) is 127 cm³/mol. The van der Waals surface area contributed by atoms with Crippen LogP contribution in [0.2, 0.25) is 0 Å². The van der Waals surface area contributed by atoms with Crippen molar-refractivity contribution in [2.24, 2.45) is 28.6 Å². The summed E-state index contributed by atoms with van der Waals surface area (Å²) >= 11 is 0. The van der Waals surface area contributed by atoms with Crippen molar-refractivity contribution < 1.29 is 35.4 Å². The number of fused-ring (bicyclic) bond motifs is 5. The molecule has 0 bridgehead atoms. The van der Waals surface area contributed by atoms with E-state index in [9.17, 15) is 35.4 Å². The molecule has 0 aliphatic heterocycles. The molecule has 7 nitrogen and oxygen atoms in total. The molecule has 10 atom stereocenters. The van der Waals surface area contributed by atoms with E-state index in [0.717, 1.165) is 0 Å². The van der Waals surface area contributed by atoms with Crippen LogP contribution in [0.15, 0.2) is 11.6 Å². The quantitative estimate of drug-likeness (QED) is 0.353. The Hall–Kier alpha value is -0.830. The van der Waals surface area contributed by atoms with Crippen LogP contribution in [0.3, 0.4) is 0 Å². The molecule has 7 heteroatoms. The molecule has 4 rings (SSSR count). The zero-order valence-electron chi connectivity index (χ0n) is 21.3. The lowest BCUT2D eigenvalue weighted by molar-refractivity contribution is -0.177. The van der Waals surface area contributed by atoms with E-state index in [1.54, 1.807) is 26.8 Å². The molecule has 6 N–H and O–H groups in total. The van der Waals surface area contributed by atoms with Gasteiger partial charge < -0.3 is 30.6 Å². The first-order valence-electron chi connectivity index (χ1n) is 12.9. The van der Waals surface area contributed by atoms with E-state index in [4.69, 9.17) is 0 Å². The van der Waals surface area contributed by atoms with Crippen molar-refractivity contribution in [3.05, 3.63) is 11.6 Å². The Balaban J connectivity index is 1.66. The SMILES string of the molecule is CC(C)(O)CCC(O)[C@](C)(O)C1CC[C@@]2(O)C3=CC(=O)[C@@H]4CC(O)C(O)C[C@]4(C)[C@@H]3CC[C@]12C. The maximum Gasteiger partial charge on any atom is 0.159 e. The van der Waals surface area contributed by atoms with Gasteiger partial charge in [-0.25, -0.2) is 0 Å². The summed E-state index contributed by atoms with van der Waals surface area (Å²) < 4.78 is 0. The number of aliphatic hydroxyl groups is 6. The van der Waals surface area contributed by atoms with Gasteiger partial charge in [-0.3, -0.25) is 4.79 Å². The van der Waals surface area contributed by atoms with Crippen LogP contribution in [0.4, 0.5) is 0 Å². The second-order valence-electron chi connectivity index (χ2n) is 13.2. The number of rotatable bonds is 5. The fraction of sp³-hybridized carbons (Fsp3) is 0.889. The Kier molecular flexibility index (Phi) is 6.24. The van der Waals surface area contributed by atoms with Gasteiger partial charge in [0.15, 0.2) is 5.78 Å². The molecule has 194 valence electrons. The van der Waals surface area contributed by atoms with Crippen molar-refractivity contribution >= 4 is 5.78 Å². The second kappa shape index (κ2) is 8.09. The van der Waals surface area contributed by atoms with Crippen molar-refractivity contribution in [2.45, 2.75) is 121 Å². The molecule has 0 radical (unpaired) electrons. The van der Waals surface area contributed by atoms with E-state index in [2.05, 4.69) is 0 Å². The Morgan fingerprint density at radius 3 is 2.32 bits per heavy atom. The fourth-order valence-corrected chi connectivity index (χ4v) is 8.32. The smallest absolute Gasteiger partial charge is 0.159 e. The van der Waals surface area contributed by atoms with Crippen LogP contribution in [-0.2, 0) is 4.79 Å². The predicted octanol–water partition coefficient (Wildman–Crippen LogP) is 1.85. The van der Waals surface area contributed by atoms with Crippen LogP contribution in [0.5, 0.6) is 0 Å². The number of allylic oxidation sites excluding steroid dienone is 1. The van der Waals surface area contributed by atoms with E-state index < -0.39 is 45.9 Å². The van der Waals surface area contributed by atoms with Crippen molar-refractivity contribution in [2.75, 3.05) is 0 Å². The van der Waals surface area contributed by atoms with Crippen molar-refractivity contribution in [1.29, 1.82) is 0 Å². The van der Waals surface area contributed by atoms with Crippen LogP contribution in [0.1, 0.15) is 86.0 Å². The molecule has 4 unspecified atom stereocenters. The van der Waals surface area contributed by atoms with Gasteiger partial charge in [0, 0.05) is 11.3 Å². The highest BCUT2D eigenvalue weighted by atomic mass is 16.3. The Morgan fingerprint density at radius 2 is 1.71 bits per heavy atom. The van der Waals surface area contributed by atoms with Crippen molar-refractivity contribution in [3.63, 3.8) is 0 Å². The first-order chi connectivity index (χ1) is 15.5. The first-order valence-corrected chi connectivity index (χ1v) is 12.9. The minimum Gasteiger partial charge on any atom is -0.390 e. The van der Waals surface area contributed by atoms with E-state index in [1.807, 2.05) is 13.8 Å². The molecule has 3 fully saturated rings. The lowest BCUT2D eigenvalue weighted by Crippen LogP contribution is -2.62. The highest BCUT2D eigenvalue weighted by Gasteiger charge is 2.69. The maximum absolute atomic E-state index is 13.2. The summed E-state index contributed by atoms with van der Waals surface area (Å²) in [4.78, 5) is 13.2. The third-order valence-corrected chi connectivity index (χ3v) is 10.5. The molecular formula is C27H44O7. The molecule has 0 aromatic heterocycles. The maximum atomic E-state index is 13.2. The molecule has 4 aliphatic rings. The largest absolute Gasteiger partial charge is 0.390 e. The van der Waals surface area contributed by atoms with E-state index in [-0.39, 0.29) is 36.4 Å². The van der Waals surface area contributed by atoms with Crippen LogP contribution in [0.25, 0.3) is 0 Å². The van der Waals surface area contributed by atoms with Gasteiger partial charge in [-0.05, 0) is 101 Å². The van der Waals surface area contributed by atoms with Crippen LogP contribution in [-0.4, -0.2) is 71.5 Å². The zero-order valence-corrected chi connectivity index (χ0v) is 21.3. The van der Waals surface area contributed by atoms with Gasteiger partial charge in [-0.1, -0.05) is 13.8 Å². The summed E-state index contributed by atoms with van der Waals surface area (Å²) in [6.45, 7) is 8.96. The van der Waals surface area contributed by atoms with E-state index in [0.29, 0.717) is 44.1 Å². The molecule has 0 saturated heterocycles. The zero-order chi connectivity index (χ0) is 25.5. The minimum absolute atomic E-state index is 0.0840. The number of hydrogen-bond acceptors (Lipinski definition) is 7. The van der Waals surface area contributed by atoms with E-state index >= 15 is 0 Å². The molecular weight excluding hydrogens is 436 g/mol. The second-order valence-corrected chi connectivity index (χ2v) is 13.2. The van der Waals surface area contributed by atoms with Crippen LogP contribution < -0.4 is 0 Å². The monoisotopic (exact) mass is 480 g/mol. The van der Waals surface area contributed by atoms with Gasteiger partial charge in [0.25, 0.3) is 0 Å². The number of ketones is 1. The molecule has 0 aromatic carbocycles. The van der Waals surface area contributed by atoms with Gasteiger partial charge in [-0.2, -0.15) is 0 Å².